The summed E-state index contributed by atoms with van der Waals surface area (Å²) < 4.78 is 5.15. The second-order valence-electron chi connectivity index (χ2n) is 6.97. The van der Waals surface area contributed by atoms with Gasteiger partial charge in [-0.1, -0.05) is 23.7 Å². The number of aliphatic imine (C=N–C) groups is 1. The Morgan fingerprint density at radius 3 is 2.48 bits per heavy atom. The molecule has 1 fully saturated rings. The molecule has 150 valence electrons. The second-order valence-corrected chi connectivity index (χ2v) is 7.41. The van der Waals surface area contributed by atoms with Crippen LogP contribution in [0.2, 0.25) is 5.02 Å². The average Bonchev–Trinajstić information content (AvgIpc) is 2.66. The predicted octanol–water partition coefficient (Wildman–Crippen LogP) is 2.79. The number of hydrogen-bond donors (Lipinski definition) is 1. The van der Waals surface area contributed by atoms with Crippen molar-refractivity contribution in [3.8, 4) is 0 Å². The third-order valence-electron chi connectivity index (χ3n) is 4.96. The average molecular weight is 395 g/mol. The third-order valence-corrected chi connectivity index (χ3v) is 5.21. The summed E-state index contributed by atoms with van der Waals surface area (Å²) >= 11 is 6.01. The SMILES string of the molecule is CCOC(=O)C1CCN(C(=NC)NCC(c2ccc(Cl)cc2)N(C)C)CC1. The van der Waals surface area contributed by atoms with Crippen molar-refractivity contribution in [2.24, 2.45) is 10.9 Å². The number of likely N-dealkylation sites (N-methyl/N-ethyl adjacent to an activating group) is 1. The number of ether oxygens (including phenoxy) is 1. The van der Waals surface area contributed by atoms with E-state index in [4.69, 9.17) is 16.3 Å². The largest absolute Gasteiger partial charge is 0.466 e. The van der Waals surface area contributed by atoms with Crippen LogP contribution in [0.3, 0.4) is 0 Å². The lowest BCUT2D eigenvalue weighted by molar-refractivity contribution is -0.149. The van der Waals surface area contributed by atoms with Gasteiger partial charge in [-0.2, -0.15) is 0 Å². The molecule has 7 heteroatoms. The summed E-state index contributed by atoms with van der Waals surface area (Å²) in [5.41, 5.74) is 1.20. The zero-order valence-electron chi connectivity index (χ0n) is 16.7. The van der Waals surface area contributed by atoms with Gasteiger partial charge in [-0.25, -0.2) is 0 Å². The number of carbonyl (C=O) groups excluding carboxylic acids is 1. The highest BCUT2D eigenvalue weighted by Crippen LogP contribution is 2.21. The first-order valence-electron chi connectivity index (χ1n) is 9.50. The summed E-state index contributed by atoms with van der Waals surface area (Å²) in [6.45, 7) is 4.63. The van der Waals surface area contributed by atoms with Crippen LogP contribution in [0, 0.1) is 5.92 Å². The number of piperidine rings is 1. The first kappa shape index (κ1) is 21.5. The lowest BCUT2D eigenvalue weighted by Gasteiger charge is -2.34. The molecule has 1 aromatic carbocycles. The molecule has 0 aliphatic carbocycles. The number of guanidine groups is 1. The molecule has 0 aromatic heterocycles. The van der Waals surface area contributed by atoms with Crippen LogP contribution < -0.4 is 5.32 Å². The summed E-state index contributed by atoms with van der Waals surface area (Å²) in [5.74, 6) is 0.802. The topological polar surface area (TPSA) is 57.2 Å². The van der Waals surface area contributed by atoms with Crippen molar-refractivity contribution in [1.29, 1.82) is 0 Å². The molecule has 1 aromatic rings. The summed E-state index contributed by atoms with van der Waals surface area (Å²) in [6, 6.07) is 8.16. The molecule has 1 aliphatic heterocycles. The fraction of sp³-hybridized carbons (Fsp3) is 0.600. The van der Waals surface area contributed by atoms with Gasteiger partial charge in [0.25, 0.3) is 0 Å². The van der Waals surface area contributed by atoms with Gasteiger partial charge in [0.15, 0.2) is 5.96 Å². The number of hydrogen-bond acceptors (Lipinski definition) is 4. The van der Waals surface area contributed by atoms with E-state index in [2.05, 4.69) is 46.3 Å². The zero-order chi connectivity index (χ0) is 19.8. The Labute approximate surface area is 167 Å². The fourth-order valence-electron chi connectivity index (χ4n) is 3.39. The van der Waals surface area contributed by atoms with E-state index in [0.717, 1.165) is 43.5 Å². The van der Waals surface area contributed by atoms with Gasteiger partial charge >= 0.3 is 5.97 Å². The smallest absolute Gasteiger partial charge is 0.309 e. The first-order valence-corrected chi connectivity index (χ1v) is 9.88. The molecule has 27 heavy (non-hydrogen) atoms. The molecule has 1 unspecified atom stereocenters. The van der Waals surface area contributed by atoms with Gasteiger partial charge in [0.1, 0.15) is 0 Å². The van der Waals surface area contributed by atoms with E-state index in [1.807, 2.05) is 19.1 Å². The molecule has 1 atom stereocenters. The number of nitrogens with one attached hydrogen (secondary N) is 1. The monoisotopic (exact) mass is 394 g/mol. The van der Waals surface area contributed by atoms with E-state index in [9.17, 15) is 4.79 Å². The number of halogens is 1. The van der Waals surface area contributed by atoms with Crippen molar-refractivity contribution in [3.63, 3.8) is 0 Å². The maximum Gasteiger partial charge on any atom is 0.309 e. The molecule has 1 saturated heterocycles. The molecule has 0 spiro atoms. The van der Waals surface area contributed by atoms with Crippen molar-refractivity contribution in [3.05, 3.63) is 34.9 Å². The Morgan fingerprint density at radius 2 is 1.96 bits per heavy atom. The number of nitrogens with zero attached hydrogens (tertiary/aromatic N) is 3. The maximum absolute atomic E-state index is 11.9. The van der Waals surface area contributed by atoms with E-state index in [1.54, 1.807) is 7.05 Å². The van der Waals surface area contributed by atoms with Crippen LogP contribution in [-0.2, 0) is 9.53 Å². The molecule has 0 saturated carbocycles. The van der Waals surface area contributed by atoms with E-state index in [1.165, 1.54) is 5.56 Å². The van der Waals surface area contributed by atoms with Crippen LogP contribution in [0.1, 0.15) is 31.4 Å². The highest BCUT2D eigenvalue weighted by atomic mass is 35.5. The quantitative estimate of drug-likeness (QED) is 0.456. The van der Waals surface area contributed by atoms with Gasteiger partial charge in [0.05, 0.1) is 18.6 Å². The molecular formula is C20H31ClN4O2. The molecule has 0 amide bonds. The minimum atomic E-state index is -0.0736. The number of esters is 1. The van der Waals surface area contributed by atoms with Gasteiger partial charge in [0.2, 0.25) is 0 Å². The van der Waals surface area contributed by atoms with Crippen LogP contribution >= 0.6 is 11.6 Å². The van der Waals surface area contributed by atoms with E-state index in [-0.39, 0.29) is 17.9 Å². The minimum Gasteiger partial charge on any atom is -0.466 e. The Hall–Kier alpha value is -1.79. The molecule has 1 N–H and O–H groups in total. The van der Waals surface area contributed by atoms with Gasteiger partial charge in [-0.3, -0.25) is 9.79 Å². The lowest BCUT2D eigenvalue weighted by Crippen LogP contribution is -2.48. The number of likely N-dealkylation sites (tertiary alicyclic amines) is 1. The van der Waals surface area contributed by atoms with Crippen molar-refractivity contribution >= 4 is 23.5 Å². The normalized spacial score (nSPS) is 17.1. The molecular weight excluding hydrogens is 364 g/mol. The summed E-state index contributed by atoms with van der Waals surface area (Å²) in [5, 5.41) is 4.23. The minimum absolute atomic E-state index is 0.00268. The van der Waals surface area contributed by atoms with Gasteiger partial charge < -0.3 is 19.9 Å². The highest BCUT2D eigenvalue weighted by molar-refractivity contribution is 6.30. The number of rotatable bonds is 6. The Morgan fingerprint density at radius 1 is 1.33 bits per heavy atom. The standard InChI is InChI=1S/C20H31ClN4O2/c1-5-27-19(26)16-10-12-25(13-11-16)20(22-2)23-14-18(24(3)4)15-6-8-17(21)9-7-15/h6-9,16,18H,5,10-14H2,1-4H3,(H,22,23). The molecule has 1 aliphatic rings. The zero-order valence-corrected chi connectivity index (χ0v) is 17.5. The summed E-state index contributed by atoms with van der Waals surface area (Å²) in [7, 11) is 5.93. The lowest BCUT2D eigenvalue weighted by atomic mass is 9.97. The van der Waals surface area contributed by atoms with Gasteiger partial charge in [-0.05, 0) is 51.6 Å². The number of benzene rings is 1. The molecule has 0 radical (unpaired) electrons. The van der Waals surface area contributed by atoms with Crippen LogP contribution in [0.4, 0.5) is 0 Å². The van der Waals surface area contributed by atoms with E-state index in [0.29, 0.717) is 6.61 Å². The Balaban J connectivity index is 1.92. The van der Waals surface area contributed by atoms with Gasteiger partial charge in [0, 0.05) is 31.7 Å². The molecule has 6 nitrogen and oxygen atoms in total. The third kappa shape index (κ3) is 6.11. The van der Waals surface area contributed by atoms with Crippen molar-refractivity contribution in [1.82, 2.24) is 15.1 Å². The van der Waals surface area contributed by atoms with Crippen LogP contribution in [0.5, 0.6) is 0 Å². The van der Waals surface area contributed by atoms with Crippen molar-refractivity contribution in [2.75, 3.05) is 47.4 Å². The molecule has 2 rings (SSSR count). The second kappa shape index (κ2) is 10.5. The Kier molecular flexibility index (Phi) is 8.38. The van der Waals surface area contributed by atoms with Crippen LogP contribution in [0.25, 0.3) is 0 Å². The van der Waals surface area contributed by atoms with E-state index >= 15 is 0 Å². The molecule has 1 heterocycles. The van der Waals surface area contributed by atoms with Crippen molar-refractivity contribution < 1.29 is 9.53 Å². The summed E-state index contributed by atoms with van der Waals surface area (Å²) in [6.07, 6.45) is 1.60. The Bertz CT molecular complexity index is 625. The highest BCUT2D eigenvalue weighted by Gasteiger charge is 2.27. The van der Waals surface area contributed by atoms with Crippen LogP contribution in [-0.4, -0.2) is 69.1 Å². The fourth-order valence-corrected chi connectivity index (χ4v) is 3.52. The maximum atomic E-state index is 11.9. The first-order chi connectivity index (χ1) is 13.0. The molecule has 0 bridgehead atoms. The van der Waals surface area contributed by atoms with Crippen molar-refractivity contribution in [2.45, 2.75) is 25.8 Å². The van der Waals surface area contributed by atoms with E-state index < -0.39 is 0 Å². The number of carbonyl (C=O) groups is 1. The summed E-state index contributed by atoms with van der Waals surface area (Å²) in [4.78, 5) is 20.7. The van der Waals surface area contributed by atoms with Crippen LogP contribution in [0.15, 0.2) is 29.3 Å². The van der Waals surface area contributed by atoms with Gasteiger partial charge in [-0.15, -0.1) is 0 Å². The predicted molar refractivity (Wildman–Crippen MR) is 110 cm³/mol.